The van der Waals surface area contributed by atoms with E-state index in [0.29, 0.717) is 24.9 Å². The summed E-state index contributed by atoms with van der Waals surface area (Å²) in [6, 6.07) is 43.9. The van der Waals surface area contributed by atoms with Gasteiger partial charge in [0, 0.05) is 42.9 Å². The van der Waals surface area contributed by atoms with Crippen molar-refractivity contribution in [1.82, 2.24) is 9.55 Å². The standard InChI is InChI=1S/C38H32FN3O2P.ClHO4/c39-30-21-19-28(20-22-30)36-40-37(38(44-36)41-24-27-23-29(26-41)34-17-10-18-35(43)42(34)25-27)45(31-11-4-1-5-12-31,32-13-6-2-7-14-32)33-15-8-3-9-16-33;2-1(3,4)5/h1-22,27,29H,23-26H2;(H,2,3,4,5)/q+1;/p-1/t27-,29-;/m1./s1. The topological polar surface area (TPSA) is 144 Å². The molecule has 2 aliphatic heterocycles. The predicted octanol–water partition coefficient (Wildman–Crippen LogP) is 1.13. The fourth-order valence-electron chi connectivity index (χ4n) is 7.28. The van der Waals surface area contributed by atoms with Crippen molar-refractivity contribution < 1.29 is 37.7 Å². The van der Waals surface area contributed by atoms with Crippen LogP contribution in [0.25, 0.3) is 11.5 Å². The Morgan fingerprint density at radius 2 is 1.24 bits per heavy atom. The lowest BCUT2D eigenvalue weighted by molar-refractivity contribution is -2.00. The number of anilines is 1. The van der Waals surface area contributed by atoms with Gasteiger partial charge in [-0.25, -0.2) is 23.0 Å². The summed E-state index contributed by atoms with van der Waals surface area (Å²) in [5.74, 6) is 1.40. The molecule has 2 aromatic heterocycles. The molecule has 1 saturated heterocycles. The minimum absolute atomic E-state index is 0.0665. The van der Waals surface area contributed by atoms with Crippen LogP contribution in [0.4, 0.5) is 10.3 Å². The molecule has 0 radical (unpaired) electrons. The van der Waals surface area contributed by atoms with Crippen molar-refractivity contribution in [3.63, 3.8) is 0 Å². The van der Waals surface area contributed by atoms with Crippen LogP contribution in [0.15, 0.2) is 143 Å². The van der Waals surface area contributed by atoms with Crippen molar-refractivity contribution >= 4 is 34.5 Å². The van der Waals surface area contributed by atoms with Crippen LogP contribution in [0.3, 0.4) is 0 Å². The van der Waals surface area contributed by atoms with Crippen LogP contribution >= 0.6 is 7.26 Å². The maximum absolute atomic E-state index is 14.0. The number of fused-ring (bicyclic) bond motifs is 4. The normalized spacial score (nSPS) is 17.0. The number of pyridine rings is 1. The molecule has 4 aromatic carbocycles. The Hall–Kier alpha value is -4.67. The molecule has 0 saturated carbocycles. The summed E-state index contributed by atoms with van der Waals surface area (Å²) in [7, 11) is -7.54. The van der Waals surface area contributed by atoms with Crippen LogP contribution in [0.5, 0.6) is 0 Å². The molecule has 50 heavy (non-hydrogen) atoms. The van der Waals surface area contributed by atoms with Crippen molar-refractivity contribution in [2.24, 2.45) is 5.92 Å². The first kappa shape index (κ1) is 33.8. The number of hydrogen-bond donors (Lipinski definition) is 0. The second-order valence-corrected chi connectivity index (χ2v) is 16.4. The predicted molar refractivity (Wildman–Crippen MR) is 180 cm³/mol. The Labute approximate surface area is 290 Å². The smallest absolute Gasteiger partial charge is 0.262 e. The molecule has 0 unspecified atom stereocenters. The monoisotopic (exact) mass is 711 g/mol. The van der Waals surface area contributed by atoms with Crippen LogP contribution in [-0.4, -0.2) is 22.6 Å². The Kier molecular flexibility index (Phi) is 9.41. The van der Waals surface area contributed by atoms with E-state index in [2.05, 4.69) is 83.8 Å². The lowest BCUT2D eigenvalue weighted by Crippen LogP contribution is -2.68. The number of nitrogens with zero attached hydrogens (tertiary/aromatic N) is 3. The highest BCUT2D eigenvalue weighted by Crippen LogP contribution is 2.56. The summed E-state index contributed by atoms with van der Waals surface area (Å²) in [5, 5.41) is 3.53. The van der Waals surface area contributed by atoms with Gasteiger partial charge in [0.2, 0.25) is 5.89 Å². The van der Waals surface area contributed by atoms with Gasteiger partial charge in [0.25, 0.3) is 16.9 Å². The van der Waals surface area contributed by atoms with E-state index < -0.39 is 17.5 Å². The summed E-state index contributed by atoms with van der Waals surface area (Å²) in [4.78, 5) is 20.5. The zero-order valence-corrected chi connectivity index (χ0v) is 28.3. The third kappa shape index (κ3) is 6.74. The van der Waals surface area contributed by atoms with E-state index in [4.69, 9.17) is 28.0 Å². The van der Waals surface area contributed by atoms with Crippen molar-refractivity contribution in [3.8, 4) is 11.5 Å². The van der Waals surface area contributed by atoms with Crippen LogP contribution < -0.4 is 50.4 Å². The highest BCUT2D eigenvalue weighted by atomic mass is 35.7. The molecule has 9 nitrogen and oxygen atoms in total. The van der Waals surface area contributed by atoms with Gasteiger partial charge in [-0.3, -0.25) is 4.79 Å². The number of benzene rings is 4. The number of hydrogen-bond acceptors (Lipinski definition) is 8. The first-order valence-electron chi connectivity index (χ1n) is 16.0. The van der Waals surface area contributed by atoms with E-state index in [1.807, 2.05) is 28.8 Å². The third-order valence-electron chi connectivity index (χ3n) is 9.20. The average molecular weight is 712 g/mol. The lowest BCUT2D eigenvalue weighted by Gasteiger charge is -2.42. The highest BCUT2D eigenvalue weighted by Gasteiger charge is 2.54. The fourth-order valence-corrected chi connectivity index (χ4v) is 11.5. The largest absolute Gasteiger partial charge is 0.416 e. The van der Waals surface area contributed by atoms with Crippen molar-refractivity contribution in [2.45, 2.75) is 18.9 Å². The van der Waals surface area contributed by atoms with Crippen molar-refractivity contribution in [2.75, 3.05) is 18.0 Å². The van der Waals surface area contributed by atoms with Gasteiger partial charge in [0.1, 0.15) is 21.7 Å². The van der Waals surface area contributed by atoms with Gasteiger partial charge < -0.3 is 13.9 Å². The van der Waals surface area contributed by atoms with Gasteiger partial charge in [0.15, 0.2) is 7.26 Å². The average Bonchev–Trinajstić information content (AvgIpc) is 3.56. The Morgan fingerprint density at radius 3 is 1.78 bits per heavy atom. The van der Waals surface area contributed by atoms with Crippen LogP contribution in [-0.2, 0) is 6.54 Å². The quantitative estimate of drug-likeness (QED) is 0.234. The molecule has 2 bridgehead atoms. The van der Waals surface area contributed by atoms with E-state index in [-0.39, 0.29) is 17.3 Å². The van der Waals surface area contributed by atoms with E-state index >= 15 is 0 Å². The van der Waals surface area contributed by atoms with Gasteiger partial charge in [-0.2, -0.15) is 4.98 Å². The summed E-state index contributed by atoms with van der Waals surface area (Å²) in [6.45, 7) is 2.15. The van der Waals surface area contributed by atoms with Gasteiger partial charge in [-0.15, -0.1) is 10.2 Å². The maximum atomic E-state index is 14.0. The molecule has 0 amide bonds. The van der Waals surface area contributed by atoms with Crippen LogP contribution in [0.1, 0.15) is 18.0 Å². The first-order valence-corrected chi connectivity index (χ1v) is 19.0. The molecule has 6 aromatic rings. The molecule has 254 valence electrons. The Morgan fingerprint density at radius 1 is 0.700 bits per heavy atom. The number of rotatable bonds is 6. The minimum Gasteiger partial charge on any atom is -0.416 e. The van der Waals surface area contributed by atoms with Crippen molar-refractivity contribution in [1.29, 1.82) is 0 Å². The molecule has 8 rings (SSSR count). The summed E-state index contributed by atoms with van der Waals surface area (Å²) in [6.07, 6.45) is 1.03. The molecular weight excluding hydrogens is 680 g/mol. The Balaban J connectivity index is 0.000000734. The highest BCUT2D eigenvalue weighted by molar-refractivity contribution is 8.01. The van der Waals surface area contributed by atoms with Crippen LogP contribution in [0.2, 0.25) is 0 Å². The fraction of sp³-hybridized carbons (Fsp3) is 0.158. The molecule has 2 aliphatic rings. The Bertz CT molecular complexity index is 2020. The van der Waals surface area contributed by atoms with Gasteiger partial charge in [-0.05, 0) is 79.1 Å². The molecule has 12 heteroatoms. The number of piperidine rings is 1. The number of oxazole rings is 1. The zero-order valence-electron chi connectivity index (χ0n) is 26.7. The van der Waals surface area contributed by atoms with Crippen molar-refractivity contribution in [3.05, 3.63) is 155 Å². The summed E-state index contributed by atoms with van der Waals surface area (Å²) >= 11 is 0. The minimum atomic E-state index is -4.94. The molecule has 1 fully saturated rings. The SMILES string of the molecule is O=c1cccc2n1C[C@@H]1C[C@@H]2CN(c2oc(-c3ccc(F)cc3)nc2[P+](c2ccccc2)(c2ccccc2)c2ccccc2)C1.[O-][Cl+3]([O-])([O-])[O-]. The van der Waals surface area contributed by atoms with E-state index in [1.54, 1.807) is 18.2 Å². The summed E-state index contributed by atoms with van der Waals surface area (Å²) < 4.78 is 56.8. The molecule has 0 N–H and O–H groups in total. The van der Waals surface area contributed by atoms with E-state index in [0.717, 1.165) is 35.5 Å². The zero-order chi connectivity index (χ0) is 34.9. The second-order valence-electron chi connectivity index (χ2n) is 12.3. The van der Waals surface area contributed by atoms with E-state index in [9.17, 15) is 9.18 Å². The molecule has 0 spiro atoms. The maximum Gasteiger partial charge on any atom is 0.262 e. The molecule has 0 aliphatic carbocycles. The summed E-state index contributed by atoms with van der Waals surface area (Å²) in [5.41, 5.74) is 2.77. The van der Waals surface area contributed by atoms with Crippen LogP contribution in [0, 0.1) is 22.0 Å². The van der Waals surface area contributed by atoms with E-state index in [1.165, 1.54) is 28.0 Å². The second kappa shape index (κ2) is 13.9. The third-order valence-corrected chi connectivity index (χ3v) is 13.3. The lowest BCUT2D eigenvalue weighted by atomic mass is 9.83. The van der Waals surface area contributed by atoms with Gasteiger partial charge in [0.05, 0.1) is 0 Å². The number of aromatic nitrogens is 2. The molecular formula is C38H32ClFN3O6P. The molecule has 4 heterocycles. The van der Waals surface area contributed by atoms with Gasteiger partial charge >= 0.3 is 0 Å². The first-order chi connectivity index (χ1) is 24.1. The molecule has 2 atom stereocenters. The number of halogens is 2. The van der Waals surface area contributed by atoms with Gasteiger partial charge in [-0.1, -0.05) is 60.7 Å².